The summed E-state index contributed by atoms with van der Waals surface area (Å²) in [5.41, 5.74) is 63.0. The summed E-state index contributed by atoms with van der Waals surface area (Å²) < 4.78 is 166. The number of azide groups is 7. The van der Waals surface area contributed by atoms with Crippen LogP contribution in [0.15, 0.2) is 152 Å². The number of hydrogen-bond acceptors (Lipinski definition) is 39. The molecule has 4 aromatic carbocycles. The van der Waals surface area contributed by atoms with Crippen LogP contribution in [-0.2, 0) is 120 Å². The van der Waals surface area contributed by atoms with E-state index in [0.717, 1.165) is 50.5 Å². The molecule has 1 aliphatic heterocycles. The lowest BCUT2D eigenvalue weighted by atomic mass is 10.1. The summed E-state index contributed by atoms with van der Waals surface area (Å²) in [6.07, 6.45) is 8.60. The van der Waals surface area contributed by atoms with E-state index >= 15 is 0 Å². The number of unbranched alkanes of at least 4 members (excludes halogenated alkanes) is 7. The Morgan fingerprint density at radius 3 is 0.973 bits per heavy atom. The summed E-state index contributed by atoms with van der Waals surface area (Å²) in [4.78, 5) is 117. The highest BCUT2D eigenvalue weighted by Gasteiger charge is 2.35. The van der Waals surface area contributed by atoms with E-state index in [1.165, 1.54) is 72.8 Å². The van der Waals surface area contributed by atoms with Crippen molar-refractivity contribution in [3.05, 3.63) is 192 Å². The number of rotatable bonds is 82. The van der Waals surface area contributed by atoms with Gasteiger partial charge in [0.05, 0.1) is 181 Å². The van der Waals surface area contributed by atoms with Crippen LogP contribution in [0.4, 0.5) is 4.79 Å². The van der Waals surface area contributed by atoms with Crippen molar-refractivity contribution in [3.8, 4) is 0 Å². The standard InChI is InChI=1S/C28H39N7O11S.C23H36N6O7S.C17H25N3O6S.C8H18N4O3.C8H8O4S.C6H11N3O/c29-33-31-12-3-1-2-7-23(45-28(39)46-35-26(37)10-11-27(35)38)21-47(40,41)24-8-4-6-22(20-24)25(36)9-5-14-42-16-18-44-19-17-43-15-13-32-34-30;24-28-26-10-3-1-2-7-21(30)19-37(32,33)22-8-4-6-20(18-22)23(31)9-5-12-34-14-16-36-17-15-35-13-11-27-29-25;1-27(22,23)16-5-2-4-15(14-16)17(21)6-3-8-24-10-12-26-13-11-25-9-7-19-20-18;9-1-3-13-5-7-15-8-6-14-4-2-11-12-10;1-13(11,12)7-4-2-3-6(5-7)8(9)10;7-9-8-5-3-1-2-4-6-10/h4,6,8,20,23H,1-3,5,7,9-19,21H2;4,6,8,18,21,30H,1-3,5,7,9-17,19H2;2,4-5,14H,3,6-13H2,1H3;1-9H2;2-5H,1H3,(H,9,10);6H,1-5H2. The molecule has 828 valence electrons. The van der Waals surface area contributed by atoms with Gasteiger partial charge in [-0.2, -0.15) is 0 Å². The molecular weight excluding hydrogens is 2040 g/mol. The van der Waals surface area contributed by atoms with Crippen LogP contribution in [0.25, 0.3) is 73.1 Å². The summed E-state index contributed by atoms with van der Waals surface area (Å²) in [5, 5.41) is 42.6. The van der Waals surface area contributed by atoms with Crippen molar-refractivity contribution in [1.82, 2.24) is 5.06 Å². The first-order valence-corrected chi connectivity index (χ1v) is 54.5. The first kappa shape index (κ1) is 137. The molecule has 1 heterocycles. The van der Waals surface area contributed by atoms with Crippen LogP contribution in [0.3, 0.4) is 0 Å². The minimum absolute atomic E-state index is 0.0101. The van der Waals surface area contributed by atoms with Crippen LogP contribution >= 0.6 is 0 Å². The second-order valence-corrected chi connectivity index (χ2v) is 39.1. The lowest BCUT2D eigenvalue weighted by Gasteiger charge is -2.19. The molecule has 2 amide bonds. The number of hydroxylamine groups is 2. The fraction of sp³-hybridized carbons (Fsp3) is 0.644. The van der Waals surface area contributed by atoms with Gasteiger partial charge in [-0.25, -0.2) is 43.3 Å². The van der Waals surface area contributed by atoms with Gasteiger partial charge in [0, 0.05) is 174 Å². The molecule has 55 nitrogen and oxygen atoms in total. The summed E-state index contributed by atoms with van der Waals surface area (Å²) in [6.45, 7) is 12.7. The Morgan fingerprint density at radius 2 is 0.651 bits per heavy atom. The zero-order valence-corrected chi connectivity index (χ0v) is 87.1. The zero-order valence-electron chi connectivity index (χ0n) is 83.8. The number of aldehydes is 1. The molecule has 4 aromatic rings. The number of nitrogens with zero attached hydrogens (tertiary/aromatic N) is 22. The summed E-state index contributed by atoms with van der Waals surface area (Å²) >= 11 is 0. The number of ketones is 3. The molecule has 5 rings (SSSR count). The van der Waals surface area contributed by atoms with Gasteiger partial charge in [0.15, 0.2) is 56.7 Å². The largest absolute Gasteiger partial charge is 0.534 e. The van der Waals surface area contributed by atoms with E-state index in [4.69, 9.17) is 116 Å². The van der Waals surface area contributed by atoms with Gasteiger partial charge in [-0.15, -0.1) is 0 Å². The van der Waals surface area contributed by atoms with Crippen LogP contribution in [-0.4, -0.2) is 344 Å². The second kappa shape index (κ2) is 90.9. The van der Waals surface area contributed by atoms with Gasteiger partial charge in [0.2, 0.25) is 0 Å². The number of benzene rings is 4. The van der Waals surface area contributed by atoms with Crippen LogP contribution < -0.4 is 5.73 Å². The minimum atomic E-state index is -4.08. The van der Waals surface area contributed by atoms with Gasteiger partial charge in [-0.05, 0) is 158 Å². The van der Waals surface area contributed by atoms with Crippen molar-refractivity contribution in [2.24, 2.45) is 41.5 Å². The third kappa shape index (κ3) is 76.1. The second-order valence-electron chi connectivity index (χ2n) is 31.0. The number of carbonyl (C=O) groups excluding carboxylic acids is 7. The predicted molar refractivity (Wildman–Crippen MR) is 541 cm³/mol. The predicted octanol–water partition coefficient (Wildman–Crippen LogP) is 13.8. The fourth-order valence-electron chi connectivity index (χ4n) is 11.8. The molecule has 1 fully saturated rings. The monoisotopic (exact) mass is 2180 g/mol. The molecule has 0 aliphatic carbocycles. The van der Waals surface area contributed by atoms with Crippen molar-refractivity contribution in [3.63, 3.8) is 0 Å². The molecular formula is C90H137N23O32S4. The van der Waals surface area contributed by atoms with E-state index in [1.54, 1.807) is 18.2 Å². The molecule has 0 radical (unpaired) electrons. The molecule has 4 N–H and O–H groups in total. The van der Waals surface area contributed by atoms with Crippen LogP contribution in [0.1, 0.15) is 170 Å². The molecule has 0 bridgehead atoms. The van der Waals surface area contributed by atoms with E-state index in [0.29, 0.717) is 272 Å². The Hall–Kier alpha value is -12.1. The Bertz CT molecular complexity index is 5360. The highest BCUT2D eigenvalue weighted by atomic mass is 32.2. The van der Waals surface area contributed by atoms with Crippen molar-refractivity contribution < 1.29 is 149 Å². The van der Waals surface area contributed by atoms with E-state index in [2.05, 4.69) is 70.2 Å². The lowest BCUT2D eigenvalue weighted by Crippen LogP contribution is -2.35. The summed E-state index contributed by atoms with van der Waals surface area (Å²) in [5.74, 6) is -4.20. The normalized spacial score (nSPS) is 11.8. The van der Waals surface area contributed by atoms with Gasteiger partial charge in [-0.3, -0.25) is 28.8 Å². The number of aliphatic hydroxyl groups excluding tert-OH is 1. The summed E-state index contributed by atoms with van der Waals surface area (Å²) in [6, 6.07) is 22.7. The molecule has 0 saturated carbocycles. The Labute approximate surface area is 865 Å². The number of Topliss-reactive ketones (excluding diaryl/α,β-unsaturated/α-hetero) is 3. The van der Waals surface area contributed by atoms with Gasteiger partial charge in [0.1, 0.15) is 12.4 Å². The Balaban J connectivity index is 0.00000190. The fourth-order valence-corrected chi connectivity index (χ4v) is 16.1. The van der Waals surface area contributed by atoms with Crippen molar-refractivity contribution >= 4 is 86.9 Å². The van der Waals surface area contributed by atoms with Gasteiger partial charge < -0.3 is 82.3 Å². The van der Waals surface area contributed by atoms with E-state index in [9.17, 15) is 77.1 Å². The number of carboxylic acids is 1. The van der Waals surface area contributed by atoms with Crippen molar-refractivity contribution in [2.75, 3.05) is 235 Å². The Morgan fingerprint density at radius 1 is 0.369 bits per heavy atom. The summed E-state index contributed by atoms with van der Waals surface area (Å²) in [7, 11) is -14.5. The average Bonchev–Trinajstić information content (AvgIpc) is 1.23. The maximum Gasteiger partial charge on any atom is 0.534 e. The first-order valence-electron chi connectivity index (χ1n) is 47.4. The average molecular weight is 2180 g/mol. The highest BCUT2D eigenvalue weighted by Crippen LogP contribution is 2.24. The number of sulfone groups is 4. The van der Waals surface area contributed by atoms with E-state index in [1.807, 2.05) is 0 Å². The molecule has 1 aliphatic rings. The lowest BCUT2D eigenvalue weighted by molar-refractivity contribution is -0.178. The maximum atomic E-state index is 13.3. The van der Waals surface area contributed by atoms with Crippen LogP contribution in [0, 0.1) is 0 Å². The van der Waals surface area contributed by atoms with Crippen LogP contribution in [0.2, 0.25) is 0 Å². The topological polar surface area (TPSA) is 813 Å². The van der Waals surface area contributed by atoms with Crippen LogP contribution in [0.5, 0.6) is 0 Å². The van der Waals surface area contributed by atoms with Gasteiger partial charge in [-0.1, -0.05) is 109 Å². The first-order chi connectivity index (χ1) is 71.8. The Kier molecular flexibility index (Phi) is 83.5. The molecule has 0 spiro atoms. The third-order valence-electron chi connectivity index (χ3n) is 19.1. The molecule has 2 unspecified atom stereocenters. The number of carboxylic acid groups (broad SMARTS) is 1. The van der Waals surface area contributed by atoms with Crippen molar-refractivity contribution in [2.45, 2.75) is 160 Å². The number of nitrogens with two attached hydrogens (primary N) is 1. The number of imide groups is 1. The molecule has 2 atom stereocenters. The molecule has 149 heavy (non-hydrogen) atoms. The number of carbonyl (C=O) groups is 8. The number of aliphatic hydroxyl groups is 1. The highest BCUT2D eigenvalue weighted by molar-refractivity contribution is 7.92. The molecule has 59 heteroatoms. The quantitative estimate of drug-likeness (QED) is 0.00540. The number of aromatic carboxylic acids is 1. The van der Waals surface area contributed by atoms with Gasteiger partial charge >= 0.3 is 12.1 Å². The minimum Gasteiger partial charge on any atom is -0.478 e. The smallest absolute Gasteiger partial charge is 0.478 e. The number of amides is 2. The third-order valence-corrected chi connectivity index (χ3v) is 24.9. The van der Waals surface area contributed by atoms with Crippen molar-refractivity contribution in [1.29, 1.82) is 0 Å². The maximum absolute atomic E-state index is 13.3. The van der Waals surface area contributed by atoms with E-state index < -0.39 is 87.0 Å². The SMILES string of the molecule is CS(=O)(=O)c1cccc(C(=O)CCCOCCOCCOCCN=[N+]=[N-])c1.CS(=O)(=O)c1cccc(C(=O)O)c1.[N-]=[N+]=NCCCCCC(CS(=O)(=O)c1cccc(C(=O)CCCOCCOCCOCCN=[N+]=[N-])c1)OC(=O)ON1C(=O)CCC1=O.[N-]=[N+]=NCCCCCC(O)CS(=O)(=O)c1cccc(C(=O)CCCOCCOCCOCCN=[N+]=[N-])c1.[N-]=[N+]=NCCCCCC=O.[N-]=[N+]=NCCOCCOCCOCCN. The molecule has 1 saturated heterocycles. The van der Waals surface area contributed by atoms with E-state index in [-0.39, 0.29) is 106 Å². The number of ether oxygens (including phenoxy) is 13. The zero-order chi connectivity index (χ0) is 110. The number of hydrogen-bond donors (Lipinski definition) is 3. The van der Waals surface area contributed by atoms with Gasteiger partial charge in [0.25, 0.3) is 11.8 Å². The molecule has 0 aromatic heterocycles.